The van der Waals surface area contributed by atoms with E-state index in [1.165, 1.54) is 7.11 Å². The third-order valence-electron chi connectivity index (χ3n) is 3.45. The molecule has 1 aromatic carbocycles. The van der Waals surface area contributed by atoms with E-state index >= 15 is 0 Å². The fourth-order valence-electron chi connectivity index (χ4n) is 2.33. The number of halogens is 2. The molecule has 0 aliphatic heterocycles. The Balaban J connectivity index is 2.21. The maximum Gasteiger partial charge on any atom is 0.164 e. The number of rotatable bonds is 3. The number of hydrogen-bond acceptors (Lipinski definition) is 4. The van der Waals surface area contributed by atoms with Crippen LogP contribution in [0.5, 0.6) is 11.5 Å². The highest BCUT2D eigenvalue weighted by atomic mass is 19.2. The van der Waals surface area contributed by atoms with Crippen LogP contribution in [-0.2, 0) is 0 Å². The van der Waals surface area contributed by atoms with Crippen LogP contribution >= 0.6 is 0 Å². The second-order valence-corrected chi connectivity index (χ2v) is 4.73. The van der Waals surface area contributed by atoms with E-state index in [-0.39, 0.29) is 11.5 Å². The number of hydrogen-bond donors (Lipinski definition) is 1. The Morgan fingerprint density at radius 2 is 1.90 bits per heavy atom. The van der Waals surface area contributed by atoms with Gasteiger partial charge in [-0.15, -0.1) is 0 Å². The largest absolute Gasteiger partial charge is 0.493 e. The van der Waals surface area contributed by atoms with Crippen LogP contribution in [0, 0.1) is 28.9 Å². The average molecular weight is 283 g/mol. The van der Waals surface area contributed by atoms with Crippen molar-refractivity contribution >= 4 is 0 Å². The Bertz CT molecular complexity index is 530. The quantitative estimate of drug-likeness (QED) is 0.925. The number of nitrogens with zero attached hydrogens (tertiary/aromatic N) is 1. The van der Waals surface area contributed by atoms with Crippen molar-refractivity contribution in [3.63, 3.8) is 0 Å². The lowest BCUT2D eigenvalue weighted by atomic mass is 9.85. The topological polar surface area (TPSA) is 62.5 Å². The number of nitriles is 1. The summed E-state index contributed by atoms with van der Waals surface area (Å²) >= 11 is 0. The molecule has 3 atom stereocenters. The van der Waals surface area contributed by atoms with Crippen molar-refractivity contribution in [2.24, 2.45) is 5.92 Å². The van der Waals surface area contributed by atoms with Crippen LogP contribution in [-0.4, -0.2) is 24.4 Å². The molecular weight excluding hydrogens is 268 g/mol. The van der Waals surface area contributed by atoms with E-state index in [1.54, 1.807) is 0 Å². The maximum atomic E-state index is 13.3. The van der Waals surface area contributed by atoms with Gasteiger partial charge in [0.2, 0.25) is 0 Å². The Kier molecular flexibility index (Phi) is 4.40. The van der Waals surface area contributed by atoms with Gasteiger partial charge in [0.1, 0.15) is 12.2 Å². The molecule has 1 saturated carbocycles. The summed E-state index contributed by atoms with van der Waals surface area (Å²) in [5, 5.41) is 18.9. The van der Waals surface area contributed by atoms with Crippen LogP contribution < -0.4 is 9.47 Å². The third-order valence-corrected chi connectivity index (χ3v) is 3.45. The van der Waals surface area contributed by atoms with E-state index in [4.69, 9.17) is 14.7 Å². The minimum Gasteiger partial charge on any atom is -0.493 e. The highest BCUT2D eigenvalue weighted by Gasteiger charge is 2.34. The molecular formula is C14H15F2NO3. The van der Waals surface area contributed by atoms with Crippen molar-refractivity contribution in [1.82, 2.24) is 0 Å². The van der Waals surface area contributed by atoms with Crippen molar-refractivity contribution in [3.05, 3.63) is 23.8 Å². The first-order valence-electron chi connectivity index (χ1n) is 6.34. The van der Waals surface area contributed by atoms with E-state index in [2.05, 4.69) is 0 Å². The maximum absolute atomic E-state index is 13.3. The molecule has 2 unspecified atom stereocenters. The van der Waals surface area contributed by atoms with Crippen molar-refractivity contribution in [3.8, 4) is 17.6 Å². The first kappa shape index (κ1) is 14.5. The van der Waals surface area contributed by atoms with Crippen LogP contribution in [0.25, 0.3) is 0 Å². The molecule has 0 heterocycles. The van der Waals surface area contributed by atoms with Crippen molar-refractivity contribution in [1.29, 1.82) is 5.26 Å². The molecule has 0 radical (unpaired) electrons. The number of methoxy groups -OCH3 is 1. The molecule has 1 N–H and O–H groups in total. The van der Waals surface area contributed by atoms with Crippen LogP contribution in [0.15, 0.2) is 12.1 Å². The number of ether oxygens (including phenoxy) is 2. The van der Waals surface area contributed by atoms with Crippen LogP contribution in [0.1, 0.15) is 19.3 Å². The van der Waals surface area contributed by atoms with Gasteiger partial charge >= 0.3 is 0 Å². The SMILES string of the molecule is COc1cc(F)c(F)cc1OC1CCCC(C#N)[C@H]1O. The lowest BCUT2D eigenvalue weighted by Crippen LogP contribution is -2.40. The number of aliphatic hydroxyl groups is 1. The van der Waals surface area contributed by atoms with E-state index in [1.807, 2.05) is 6.07 Å². The Morgan fingerprint density at radius 1 is 1.25 bits per heavy atom. The summed E-state index contributed by atoms with van der Waals surface area (Å²) in [6, 6.07) is 3.80. The van der Waals surface area contributed by atoms with Crippen LogP contribution in [0.2, 0.25) is 0 Å². The number of aliphatic hydroxyl groups excluding tert-OH is 1. The standard InChI is InChI=1S/C14H15F2NO3/c1-19-12-5-9(15)10(16)6-13(12)20-11-4-2-3-8(7-17)14(11)18/h5-6,8,11,14,18H,2-4H2,1H3/t8?,11?,14-/m1/s1. The first-order chi connectivity index (χ1) is 9.56. The van der Waals surface area contributed by atoms with Crippen molar-refractivity contribution in [2.75, 3.05) is 7.11 Å². The fourth-order valence-corrected chi connectivity index (χ4v) is 2.33. The number of benzene rings is 1. The molecule has 0 spiro atoms. The smallest absolute Gasteiger partial charge is 0.164 e. The zero-order chi connectivity index (χ0) is 14.7. The minimum atomic E-state index is -1.05. The molecule has 1 aliphatic carbocycles. The third kappa shape index (κ3) is 2.83. The monoisotopic (exact) mass is 283 g/mol. The second kappa shape index (κ2) is 6.06. The summed E-state index contributed by atoms with van der Waals surface area (Å²) in [7, 11) is 1.31. The molecule has 1 aromatic rings. The summed E-state index contributed by atoms with van der Waals surface area (Å²) in [5.41, 5.74) is 0. The van der Waals surface area contributed by atoms with Crippen molar-refractivity contribution < 1.29 is 23.4 Å². The molecule has 0 amide bonds. The first-order valence-corrected chi connectivity index (χ1v) is 6.34. The highest BCUT2D eigenvalue weighted by Crippen LogP contribution is 2.34. The van der Waals surface area contributed by atoms with Gasteiger partial charge in [-0.2, -0.15) is 5.26 Å². The van der Waals surface area contributed by atoms with Gasteiger partial charge in [-0.1, -0.05) is 0 Å². The summed E-state index contributed by atoms with van der Waals surface area (Å²) in [5.74, 6) is -2.52. The minimum absolute atomic E-state index is 0.0223. The van der Waals surface area contributed by atoms with Gasteiger partial charge in [0, 0.05) is 12.1 Å². The summed E-state index contributed by atoms with van der Waals surface area (Å²) in [4.78, 5) is 0. The van der Waals surface area contributed by atoms with Gasteiger partial charge < -0.3 is 14.6 Å². The van der Waals surface area contributed by atoms with Gasteiger partial charge in [0.25, 0.3) is 0 Å². The van der Waals surface area contributed by atoms with Gasteiger partial charge in [-0.05, 0) is 19.3 Å². The van der Waals surface area contributed by atoms with Crippen molar-refractivity contribution in [2.45, 2.75) is 31.5 Å². The lowest BCUT2D eigenvalue weighted by molar-refractivity contribution is -0.0161. The van der Waals surface area contributed by atoms with Gasteiger partial charge in [-0.3, -0.25) is 0 Å². The summed E-state index contributed by atoms with van der Waals surface area (Å²) in [6.45, 7) is 0. The summed E-state index contributed by atoms with van der Waals surface area (Å²) < 4.78 is 36.8. The molecule has 1 aliphatic rings. The zero-order valence-corrected chi connectivity index (χ0v) is 11.0. The lowest BCUT2D eigenvalue weighted by Gasteiger charge is -2.31. The van der Waals surface area contributed by atoms with Crippen LogP contribution in [0.4, 0.5) is 8.78 Å². The predicted molar refractivity (Wildman–Crippen MR) is 66.3 cm³/mol. The summed E-state index contributed by atoms with van der Waals surface area (Å²) in [6.07, 6.45) is 0.290. The predicted octanol–water partition coefficient (Wildman–Crippen LogP) is 2.41. The molecule has 0 bridgehead atoms. The molecule has 6 heteroatoms. The van der Waals surface area contributed by atoms with E-state index in [0.717, 1.165) is 18.6 Å². The van der Waals surface area contributed by atoms with E-state index < -0.39 is 29.8 Å². The molecule has 0 saturated heterocycles. The molecule has 108 valence electrons. The normalized spacial score (nSPS) is 25.9. The Morgan fingerprint density at radius 3 is 2.50 bits per heavy atom. The van der Waals surface area contributed by atoms with Gasteiger partial charge in [0.15, 0.2) is 23.1 Å². The molecule has 20 heavy (non-hydrogen) atoms. The van der Waals surface area contributed by atoms with E-state index in [0.29, 0.717) is 12.8 Å². The Hall–Kier alpha value is -1.87. The van der Waals surface area contributed by atoms with Crippen LogP contribution in [0.3, 0.4) is 0 Å². The zero-order valence-electron chi connectivity index (χ0n) is 11.0. The van der Waals surface area contributed by atoms with Gasteiger partial charge in [-0.25, -0.2) is 8.78 Å². The Labute approximate surface area is 115 Å². The molecule has 4 nitrogen and oxygen atoms in total. The molecule has 1 fully saturated rings. The molecule has 0 aromatic heterocycles. The fraction of sp³-hybridized carbons (Fsp3) is 0.500. The highest BCUT2D eigenvalue weighted by molar-refractivity contribution is 5.41. The average Bonchev–Trinajstić information content (AvgIpc) is 2.44. The van der Waals surface area contributed by atoms with Gasteiger partial charge in [0.05, 0.1) is 19.1 Å². The van der Waals surface area contributed by atoms with E-state index in [9.17, 15) is 13.9 Å². The molecule has 2 rings (SSSR count). The second-order valence-electron chi connectivity index (χ2n) is 4.73.